The van der Waals surface area contributed by atoms with Crippen molar-refractivity contribution >= 4 is 19.9 Å². The summed E-state index contributed by atoms with van der Waals surface area (Å²) in [4.78, 5) is 0. The van der Waals surface area contributed by atoms with Crippen LogP contribution in [0.1, 0.15) is 16.7 Å². The first-order valence-corrected chi connectivity index (χ1v) is 14.3. The summed E-state index contributed by atoms with van der Waals surface area (Å²) in [6, 6.07) is 29.1. The van der Waals surface area contributed by atoms with E-state index < -0.39 is 20.2 Å². The second-order valence-electron chi connectivity index (χ2n) is 8.49. The molecule has 3 rings (SSSR count). The van der Waals surface area contributed by atoms with Crippen LogP contribution in [-0.4, -0.2) is 14.6 Å². The lowest BCUT2D eigenvalue weighted by Crippen LogP contribution is -2.50. The second-order valence-corrected chi connectivity index (χ2v) is 13.4. The molecule has 166 valence electrons. The smallest absolute Gasteiger partial charge is 0.221 e. The molecule has 0 fully saturated rings. The Balaban J connectivity index is 1.99. The topological polar surface area (TPSA) is 51.5 Å². The fourth-order valence-corrected chi connectivity index (χ4v) is 4.69. The minimum absolute atomic E-state index is 0.284. The van der Waals surface area contributed by atoms with Crippen molar-refractivity contribution in [2.75, 3.05) is 0 Å². The van der Waals surface area contributed by atoms with Crippen molar-refractivity contribution in [3.8, 4) is 6.07 Å². The number of benzene rings is 3. The van der Waals surface area contributed by atoms with E-state index in [0.29, 0.717) is 10.6 Å². The van der Waals surface area contributed by atoms with Gasteiger partial charge in [0.25, 0.3) is 0 Å². The minimum atomic E-state index is -2.20. The van der Waals surface area contributed by atoms with Crippen LogP contribution in [0.5, 0.6) is 0 Å². The Labute approximate surface area is 196 Å². The molecule has 0 aromatic heterocycles. The van der Waals surface area contributed by atoms with E-state index in [1.807, 2.05) is 80.3 Å². The van der Waals surface area contributed by atoms with Crippen LogP contribution in [0.25, 0.3) is 0 Å². The molecule has 0 N–H and O–H groups in total. The van der Waals surface area contributed by atoms with E-state index in [4.69, 9.17) is 25.5 Å². The molecule has 0 heterocycles. The monoisotopic (exact) mass is 465 g/mol. The normalized spacial score (nSPS) is 13.5. The number of hydrogen-bond acceptors (Lipinski definition) is 4. The van der Waals surface area contributed by atoms with Crippen molar-refractivity contribution in [1.29, 1.82) is 5.26 Å². The van der Waals surface area contributed by atoms with Crippen molar-refractivity contribution in [2.45, 2.75) is 44.7 Å². The van der Waals surface area contributed by atoms with E-state index in [9.17, 15) is 5.26 Å². The number of hydrogen-bond donors (Lipinski definition) is 0. The van der Waals surface area contributed by atoms with Crippen LogP contribution < -0.4 is 0 Å². The molecule has 0 saturated heterocycles. The second kappa shape index (κ2) is 10.9. The van der Waals surface area contributed by atoms with E-state index in [2.05, 4.69) is 6.07 Å². The van der Waals surface area contributed by atoms with E-state index >= 15 is 0 Å². The van der Waals surface area contributed by atoms with Gasteiger partial charge in [-0.05, 0) is 42.9 Å². The molecule has 1 atom stereocenters. The fourth-order valence-electron chi connectivity index (χ4n) is 3.34. The zero-order valence-electron chi connectivity index (χ0n) is 18.6. The summed E-state index contributed by atoms with van der Waals surface area (Å²) in [6.07, 6.45) is -0.958. The van der Waals surface area contributed by atoms with Crippen molar-refractivity contribution in [2.24, 2.45) is 0 Å². The largest absolute Gasteiger partial charge is 0.393 e. The highest BCUT2D eigenvalue weighted by Crippen LogP contribution is 2.36. The first kappa shape index (κ1) is 24.2. The summed E-state index contributed by atoms with van der Waals surface area (Å²) in [5, 5.41) is 11.1. The zero-order valence-corrected chi connectivity index (χ0v) is 20.4. The highest BCUT2D eigenvalue weighted by Gasteiger charge is 2.47. The Morgan fingerprint density at radius 1 is 0.812 bits per heavy atom. The van der Waals surface area contributed by atoms with Gasteiger partial charge in [-0.15, -0.1) is 0 Å². The molecule has 0 aliphatic rings. The van der Waals surface area contributed by atoms with Crippen LogP contribution in [0.3, 0.4) is 0 Å². The molecule has 0 spiro atoms. The molecule has 0 amide bonds. The molecule has 32 heavy (non-hydrogen) atoms. The fraction of sp³-hybridized carbons (Fsp3) is 0.269. The predicted molar refractivity (Wildman–Crippen MR) is 129 cm³/mol. The highest BCUT2D eigenvalue weighted by molar-refractivity contribution is 6.69. The Morgan fingerprint density at radius 2 is 1.28 bits per heavy atom. The summed E-state index contributed by atoms with van der Waals surface area (Å²) in [6.45, 7) is 6.69. The standard InChI is InChI=1S/C26H28ClNO3Si/c1-32(2,3)31-26(20-28,23-14-16-24(27)17-15-23)25(29-18-21-10-6-4-7-11-21)30-19-22-12-8-5-9-13-22/h4-17,25H,18-19H2,1-3H3. The van der Waals surface area contributed by atoms with Gasteiger partial charge in [-0.25, -0.2) is 0 Å². The van der Waals surface area contributed by atoms with Crippen molar-refractivity contribution < 1.29 is 13.9 Å². The Hall–Kier alpha value is -2.46. The molecule has 1 unspecified atom stereocenters. The summed E-state index contributed by atoms with van der Waals surface area (Å²) in [7, 11) is -2.20. The SMILES string of the molecule is C[Si](C)(C)OC(C#N)(c1ccc(Cl)cc1)C(OCc1ccccc1)OCc1ccccc1. The van der Waals surface area contributed by atoms with E-state index in [0.717, 1.165) is 11.1 Å². The average Bonchev–Trinajstić information content (AvgIpc) is 2.79. The molecule has 3 aromatic carbocycles. The Kier molecular flexibility index (Phi) is 8.24. The van der Waals surface area contributed by atoms with Gasteiger partial charge in [0.15, 0.2) is 8.32 Å². The quantitative estimate of drug-likeness (QED) is 0.248. The molecule has 0 aliphatic carbocycles. The van der Waals surface area contributed by atoms with Crippen LogP contribution in [0, 0.1) is 11.3 Å². The van der Waals surface area contributed by atoms with Crippen molar-refractivity contribution in [1.82, 2.24) is 0 Å². The maximum Gasteiger partial charge on any atom is 0.221 e. The first-order valence-electron chi connectivity index (χ1n) is 10.5. The summed E-state index contributed by atoms with van der Waals surface area (Å²) in [5.74, 6) is 0. The molecule has 4 nitrogen and oxygen atoms in total. The van der Waals surface area contributed by atoms with Gasteiger partial charge >= 0.3 is 0 Å². The Bertz CT molecular complexity index is 973. The average molecular weight is 466 g/mol. The third-order valence-corrected chi connectivity index (χ3v) is 5.91. The molecule has 0 aliphatic heterocycles. The highest BCUT2D eigenvalue weighted by atomic mass is 35.5. The number of halogens is 1. The molecule has 0 radical (unpaired) electrons. The molecule has 0 bridgehead atoms. The maximum atomic E-state index is 10.5. The van der Waals surface area contributed by atoms with Gasteiger partial charge in [-0.3, -0.25) is 0 Å². The van der Waals surface area contributed by atoms with Gasteiger partial charge in [0.1, 0.15) is 6.07 Å². The number of ether oxygens (including phenoxy) is 2. The first-order chi connectivity index (χ1) is 15.3. The van der Waals surface area contributed by atoms with Gasteiger partial charge in [0.2, 0.25) is 11.9 Å². The third-order valence-electron chi connectivity index (χ3n) is 4.73. The third kappa shape index (κ3) is 6.52. The van der Waals surface area contributed by atoms with Crippen LogP contribution in [0.15, 0.2) is 84.9 Å². The maximum absolute atomic E-state index is 10.5. The predicted octanol–water partition coefficient (Wildman–Crippen LogP) is 6.67. The molecule has 6 heteroatoms. The number of nitriles is 1. The molecular weight excluding hydrogens is 438 g/mol. The molecule has 3 aromatic rings. The summed E-state index contributed by atoms with van der Waals surface area (Å²) >= 11 is 6.12. The number of nitrogens with zero attached hydrogens (tertiary/aromatic N) is 1. The van der Waals surface area contributed by atoms with Gasteiger partial charge in [-0.2, -0.15) is 5.26 Å². The minimum Gasteiger partial charge on any atom is -0.393 e. The van der Waals surface area contributed by atoms with Crippen LogP contribution in [0.2, 0.25) is 24.7 Å². The number of rotatable bonds is 10. The lowest BCUT2D eigenvalue weighted by atomic mass is 9.94. The Morgan fingerprint density at radius 3 is 1.69 bits per heavy atom. The lowest BCUT2D eigenvalue weighted by molar-refractivity contribution is -0.228. The van der Waals surface area contributed by atoms with Gasteiger partial charge in [-0.1, -0.05) is 84.4 Å². The van der Waals surface area contributed by atoms with E-state index in [1.165, 1.54) is 0 Å². The summed E-state index contributed by atoms with van der Waals surface area (Å²) in [5.41, 5.74) is 1.17. The lowest BCUT2D eigenvalue weighted by Gasteiger charge is -2.39. The van der Waals surface area contributed by atoms with Crippen molar-refractivity contribution in [3.05, 3.63) is 107 Å². The molecule has 0 saturated carbocycles. The van der Waals surface area contributed by atoms with Gasteiger partial charge in [0, 0.05) is 10.6 Å². The van der Waals surface area contributed by atoms with Gasteiger partial charge in [0.05, 0.1) is 13.2 Å². The van der Waals surface area contributed by atoms with Crippen LogP contribution >= 0.6 is 11.6 Å². The zero-order chi connectivity index (χ0) is 23.0. The van der Waals surface area contributed by atoms with Gasteiger partial charge < -0.3 is 13.9 Å². The van der Waals surface area contributed by atoms with E-state index in [1.54, 1.807) is 24.3 Å². The summed E-state index contributed by atoms with van der Waals surface area (Å²) < 4.78 is 19.0. The van der Waals surface area contributed by atoms with Crippen LogP contribution in [0.4, 0.5) is 0 Å². The van der Waals surface area contributed by atoms with Crippen molar-refractivity contribution in [3.63, 3.8) is 0 Å². The van der Waals surface area contributed by atoms with Crippen LogP contribution in [-0.2, 0) is 32.7 Å². The molecular formula is C26H28ClNO3Si. The van der Waals surface area contributed by atoms with E-state index in [-0.39, 0.29) is 13.2 Å².